The topological polar surface area (TPSA) is 101 Å². The summed E-state index contributed by atoms with van der Waals surface area (Å²) in [6.45, 7) is 11.0. The van der Waals surface area contributed by atoms with E-state index in [-0.39, 0.29) is 25.5 Å². The number of aromatic nitrogens is 2. The van der Waals surface area contributed by atoms with Crippen molar-refractivity contribution in [3.8, 4) is 0 Å². The Morgan fingerprint density at radius 3 is 2.39 bits per heavy atom. The first-order valence-electron chi connectivity index (χ1n) is 11.6. The zero-order chi connectivity index (χ0) is 24.5. The van der Waals surface area contributed by atoms with Gasteiger partial charge in [0.2, 0.25) is 5.89 Å². The fraction of sp³-hybridized carbons (Fsp3) is 0.625. The molecular weight excluding hydrogens is 443 g/mol. The highest BCUT2D eigenvalue weighted by Crippen LogP contribution is 2.54. The summed E-state index contributed by atoms with van der Waals surface area (Å²) in [6.07, 6.45) is 3.71. The minimum Gasteiger partial charge on any atom is -0.459 e. The van der Waals surface area contributed by atoms with Gasteiger partial charge in [0.25, 0.3) is 0 Å². The zero-order valence-electron chi connectivity index (χ0n) is 20.6. The van der Waals surface area contributed by atoms with Crippen LogP contribution in [0.5, 0.6) is 0 Å². The Balaban J connectivity index is 2.22. The monoisotopic (exact) mass is 480 g/mol. The van der Waals surface area contributed by atoms with Crippen LogP contribution in [-0.4, -0.2) is 40.6 Å². The Bertz CT molecular complexity index is 927. The van der Waals surface area contributed by atoms with Crippen LogP contribution in [0, 0.1) is 0 Å². The van der Waals surface area contributed by atoms with Gasteiger partial charge in [-0.2, -0.15) is 4.98 Å². The second-order valence-corrected chi connectivity index (χ2v) is 11.1. The summed E-state index contributed by atoms with van der Waals surface area (Å²) in [5.74, 6) is -0.0121. The number of ether oxygens (including phenoxy) is 1. The van der Waals surface area contributed by atoms with Crippen LogP contribution in [0.4, 0.5) is 0 Å². The molecule has 0 aliphatic heterocycles. The highest BCUT2D eigenvalue weighted by atomic mass is 31.2. The second kappa shape index (κ2) is 12.4. The third-order valence-corrected chi connectivity index (χ3v) is 7.12. The van der Waals surface area contributed by atoms with E-state index in [0.717, 1.165) is 24.8 Å². The van der Waals surface area contributed by atoms with E-state index >= 15 is 0 Å². The number of carbonyl (C=O) groups excluding carboxylic acids is 1. The van der Waals surface area contributed by atoms with E-state index in [1.807, 2.05) is 12.1 Å². The average molecular weight is 481 g/mol. The summed E-state index contributed by atoms with van der Waals surface area (Å²) in [5, 5.41) is 4.05. The fourth-order valence-corrected chi connectivity index (χ4v) is 5.18. The van der Waals surface area contributed by atoms with Crippen LogP contribution in [0.25, 0.3) is 0 Å². The van der Waals surface area contributed by atoms with Gasteiger partial charge in [0.1, 0.15) is 5.60 Å². The number of rotatable bonds is 13. The molecule has 1 aromatic carbocycles. The van der Waals surface area contributed by atoms with Gasteiger partial charge in [-0.25, -0.2) is 0 Å². The number of nitrogens with zero attached hydrogens (tertiary/aromatic N) is 2. The van der Waals surface area contributed by atoms with Crippen LogP contribution >= 0.6 is 7.60 Å². The molecule has 0 N–H and O–H groups in total. The molecule has 1 unspecified atom stereocenters. The number of carbonyl (C=O) groups is 1. The first-order valence-corrected chi connectivity index (χ1v) is 13.2. The fourth-order valence-electron chi connectivity index (χ4n) is 3.34. The molecule has 0 saturated carbocycles. The van der Waals surface area contributed by atoms with E-state index in [2.05, 4.69) is 29.2 Å². The van der Waals surface area contributed by atoms with E-state index in [9.17, 15) is 9.36 Å². The van der Waals surface area contributed by atoms with Crippen LogP contribution in [0.15, 0.2) is 28.8 Å². The molecule has 33 heavy (non-hydrogen) atoms. The first-order chi connectivity index (χ1) is 15.6. The third kappa shape index (κ3) is 8.69. The van der Waals surface area contributed by atoms with Crippen molar-refractivity contribution in [2.45, 2.75) is 84.9 Å². The summed E-state index contributed by atoms with van der Waals surface area (Å²) < 4.78 is 35.2. The molecule has 0 radical (unpaired) electrons. The summed E-state index contributed by atoms with van der Waals surface area (Å²) in [7, 11) is -3.81. The standard InChI is InChI=1S/C24H37N2O6P/c1-7-10-12-18-13-11-14-19(15-18)16-21-25-22(32-26-21)17-20(23(27)31-24(4,5)6)33(28,29-8-2)30-9-3/h11,13-15,20H,7-10,12,16-17H2,1-6H3. The smallest absolute Gasteiger partial charge is 0.345 e. The van der Waals surface area contributed by atoms with Crippen molar-refractivity contribution in [2.75, 3.05) is 13.2 Å². The van der Waals surface area contributed by atoms with Gasteiger partial charge in [0, 0.05) is 6.42 Å². The molecular formula is C24H37N2O6P. The van der Waals surface area contributed by atoms with Gasteiger partial charge in [-0.05, 0) is 58.6 Å². The highest BCUT2D eigenvalue weighted by molar-refractivity contribution is 7.55. The number of esters is 1. The molecule has 8 nitrogen and oxygen atoms in total. The Labute approximate surface area is 196 Å². The van der Waals surface area contributed by atoms with Crippen LogP contribution in [-0.2, 0) is 42.4 Å². The minimum atomic E-state index is -3.81. The molecule has 1 aromatic heterocycles. The molecule has 2 aromatic rings. The van der Waals surface area contributed by atoms with E-state index in [1.54, 1.807) is 34.6 Å². The first kappa shape index (κ1) is 27.2. The van der Waals surface area contributed by atoms with Gasteiger partial charge >= 0.3 is 13.6 Å². The van der Waals surface area contributed by atoms with Gasteiger partial charge in [0.15, 0.2) is 11.5 Å². The average Bonchev–Trinajstić information content (AvgIpc) is 3.16. The molecule has 0 bridgehead atoms. The number of benzene rings is 1. The third-order valence-electron chi connectivity index (χ3n) is 4.73. The largest absolute Gasteiger partial charge is 0.459 e. The van der Waals surface area contributed by atoms with Gasteiger partial charge in [-0.15, -0.1) is 0 Å². The van der Waals surface area contributed by atoms with Gasteiger partial charge in [-0.3, -0.25) is 9.36 Å². The van der Waals surface area contributed by atoms with Gasteiger partial charge < -0.3 is 18.3 Å². The molecule has 0 aliphatic rings. The lowest BCUT2D eigenvalue weighted by Crippen LogP contribution is -2.34. The molecule has 0 saturated heterocycles. The van der Waals surface area contributed by atoms with Crippen molar-refractivity contribution < 1.29 is 27.7 Å². The van der Waals surface area contributed by atoms with Crippen molar-refractivity contribution in [1.29, 1.82) is 0 Å². The lowest BCUT2D eigenvalue weighted by molar-refractivity contribution is -0.154. The van der Waals surface area contributed by atoms with Crippen LogP contribution in [0.2, 0.25) is 0 Å². The van der Waals surface area contributed by atoms with E-state index in [4.69, 9.17) is 18.3 Å². The lowest BCUT2D eigenvalue weighted by Gasteiger charge is -2.27. The summed E-state index contributed by atoms with van der Waals surface area (Å²) >= 11 is 0. The number of aryl methyl sites for hydroxylation is 1. The molecule has 0 spiro atoms. The molecule has 0 aliphatic carbocycles. The Kier molecular flexibility index (Phi) is 10.3. The van der Waals surface area contributed by atoms with Crippen molar-refractivity contribution in [3.63, 3.8) is 0 Å². The molecule has 1 atom stereocenters. The Morgan fingerprint density at radius 2 is 1.79 bits per heavy atom. The van der Waals surface area contributed by atoms with E-state index < -0.39 is 24.8 Å². The minimum absolute atomic E-state index is 0.101. The highest BCUT2D eigenvalue weighted by Gasteiger charge is 2.44. The van der Waals surface area contributed by atoms with Crippen molar-refractivity contribution >= 4 is 13.6 Å². The van der Waals surface area contributed by atoms with E-state index in [0.29, 0.717) is 12.2 Å². The van der Waals surface area contributed by atoms with Gasteiger partial charge in [0.05, 0.1) is 19.6 Å². The zero-order valence-corrected chi connectivity index (χ0v) is 21.5. The SMILES string of the molecule is CCCCc1cccc(Cc2noc(CC(C(=O)OC(C)(C)C)P(=O)(OCC)OCC)n2)c1. The maximum Gasteiger partial charge on any atom is 0.345 e. The number of hydrogen-bond acceptors (Lipinski definition) is 8. The normalized spacial score (nSPS) is 13.2. The predicted octanol–water partition coefficient (Wildman–Crippen LogP) is 5.52. The molecule has 184 valence electrons. The molecule has 0 fully saturated rings. The molecule has 9 heteroatoms. The number of hydrogen-bond donors (Lipinski definition) is 0. The maximum atomic E-state index is 13.4. The second-order valence-electron chi connectivity index (χ2n) is 8.83. The summed E-state index contributed by atoms with van der Waals surface area (Å²) in [5.41, 5.74) is 0.384. The van der Waals surface area contributed by atoms with Crippen LogP contribution in [0.1, 0.15) is 77.2 Å². The predicted molar refractivity (Wildman–Crippen MR) is 126 cm³/mol. The van der Waals surface area contributed by atoms with Crippen molar-refractivity contribution in [3.05, 3.63) is 47.1 Å². The summed E-state index contributed by atoms with van der Waals surface area (Å²) in [6, 6.07) is 8.31. The van der Waals surface area contributed by atoms with E-state index in [1.165, 1.54) is 5.56 Å². The van der Waals surface area contributed by atoms with Crippen molar-refractivity contribution in [1.82, 2.24) is 10.1 Å². The maximum absolute atomic E-state index is 13.4. The van der Waals surface area contributed by atoms with Gasteiger partial charge in [-0.1, -0.05) is 42.8 Å². The van der Waals surface area contributed by atoms with Crippen LogP contribution in [0.3, 0.4) is 0 Å². The molecule has 0 amide bonds. The van der Waals surface area contributed by atoms with Crippen LogP contribution < -0.4 is 0 Å². The Morgan fingerprint density at radius 1 is 1.12 bits per heavy atom. The number of unbranched alkanes of at least 4 members (excludes halogenated alkanes) is 1. The molecule has 1 heterocycles. The van der Waals surface area contributed by atoms with Crippen molar-refractivity contribution in [2.24, 2.45) is 0 Å². The lowest BCUT2D eigenvalue weighted by atomic mass is 10.0. The quantitative estimate of drug-likeness (QED) is 0.273. The molecule has 2 rings (SSSR count). The summed E-state index contributed by atoms with van der Waals surface area (Å²) in [4.78, 5) is 17.4. The Hall–Kier alpha value is -2.02.